The van der Waals surface area contributed by atoms with Gasteiger partial charge in [-0.3, -0.25) is 4.79 Å². The molecule has 0 unspecified atom stereocenters. The van der Waals surface area contributed by atoms with Gasteiger partial charge in [-0.2, -0.15) is 0 Å². The summed E-state index contributed by atoms with van der Waals surface area (Å²) in [7, 11) is 1.96. The third kappa shape index (κ3) is 3.21. The maximum atomic E-state index is 12.3. The number of hydrogen-bond acceptors (Lipinski definition) is 4. The number of benzene rings is 2. The number of nitrogens with zero attached hydrogens (tertiary/aromatic N) is 4. The Balaban J connectivity index is 1.48. The zero-order valence-corrected chi connectivity index (χ0v) is 14.4. The minimum absolute atomic E-state index is 0.0684. The number of aromatic nitrogens is 3. The maximum absolute atomic E-state index is 12.3. The fraction of sp³-hybridized carbons (Fsp3) is 0.150. The summed E-state index contributed by atoms with van der Waals surface area (Å²) in [5.74, 6) is -0.0684. The van der Waals surface area contributed by atoms with Gasteiger partial charge in [0.25, 0.3) is 5.91 Å². The van der Waals surface area contributed by atoms with Crippen LogP contribution in [0.25, 0.3) is 6.08 Å². The van der Waals surface area contributed by atoms with E-state index in [0.29, 0.717) is 12.1 Å². The summed E-state index contributed by atoms with van der Waals surface area (Å²) in [6.07, 6.45) is 5.47. The fourth-order valence-corrected chi connectivity index (χ4v) is 3.04. The second-order valence-corrected chi connectivity index (χ2v) is 6.23. The standard InChI is InChI=1S/C20H19N5O/c1-24-18-10-6-5-9-17(18)20(26)21-19(24)12-11-16-14-25(23-22-16)13-15-7-3-2-4-8-15/h2-12,14,19H,13H2,1H3,(H,21,26)/b12-11+/t19-/m1/s1. The molecule has 0 saturated heterocycles. The van der Waals surface area contributed by atoms with Crippen LogP contribution < -0.4 is 10.2 Å². The normalized spacial score (nSPS) is 16.6. The lowest BCUT2D eigenvalue weighted by molar-refractivity contribution is 0.0937. The Morgan fingerprint density at radius 2 is 1.88 bits per heavy atom. The lowest BCUT2D eigenvalue weighted by atomic mass is 10.1. The Hall–Kier alpha value is -3.41. The molecule has 0 aliphatic carbocycles. The summed E-state index contributed by atoms with van der Waals surface area (Å²) < 4.78 is 1.80. The lowest BCUT2D eigenvalue weighted by Crippen LogP contribution is -2.49. The van der Waals surface area contributed by atoms with E-state index >= 15 is 0 Å². The molecule has 1 N–H and O–H groups in total. The van der Waals surface area contributed by atoms with Gasteiger partial charge < -0.3 is 10.2 Å². The predicted molar refractivity (Wildman–Crippen MR) is 101 cm³/mol. The number of para-hydroxylation sites is 1. The van der Waals surface area contributed by atoms with Gasteiger partial charge in [0.05, 0.1) is 24.0 Å². The van der Waals surface area contributed by atoms with Crippen LogP contribution in [0.4, 0.5) is 5.69 Å². The summed E-state index contributed by atoms with van der Waals surface area (Å²) >= 11 is 0. The van der Waals surface area contributed by atoms with Crippen molar-refractivity contribution in [2.75, 3.05) is 11.9 Å². The van der Waals surface area contributed by atoms with Crippen LogP contribution in [0.5, 0.6) is 0 Å². The van der Waals surface area contributed by atoms with Crippen LogP contribution in [-0.2, 0) is 6.54 Å². The molecule has 0 saturated carbocycles. The maximum Gasteiger partial charge on any atom is 0.255 e. The number of carbonyl (C=O) groups excluding carboxylic acids is 1. The van der Waals surface area contributed by atoms with E-state index in [0.717, 1.165) is 11.4 Å². The molecule has 1 aliphatic rings. The molecule has 1 aromatic heterocycles. The molecule has 0 radical (unpaired) electrons. The number of fused-ring (bicyclic) bond motifs is 1. The van der Waals surface area contributed by atoms with Gasteiger partial charge in [0.2, 0.25) is 0 Å². The molecule has 1 amide bonds. The van der Waals surface area contributed by atoms with E-state index in [1.165, 1.54) is 5.56 Å². The zero-order chi connectivity index (χ0) is 17.9. The molecule has 6 nitrogen and oxygen atoms in total. The molecule has 2 aromatic carbocycles. The highest BCUT2D eigenvalue weighted by Gasteiger charge is 2.26. The number of hydrogen-bond donors (Lipinski definition) is 1. The number of likely N-dealkylation sites (N-methyl/N-ethyl adjacent to an activating group) is 1. The first kappa shape index (κ1) is 16.1. The van der Waals surface area contributed by atoms with Crippen LogP contribution in [0.3, 0.4) is 0 Å². The van der Waals surface area contributed by atoms with Gasteiger partial charge in [-0.15, -0.1) is 5.10 Å². The highest BCUT2D eigenvalue weighted by atomic mass is 16.2. The van der Waals surface area contributed by atoms with Gasteiger partial charge >= 0.3 is 0 Å². The molecule has 3 aromatic rings. The Morgan fingerprint density at radius 1 is 1.12 bits per heavy atom. The van der Waals surface area contributed by atoms with Crippen molar-refractivity contribution in [1.29, 1.82) is 0 Å². The second-order valence-electron chi connectivity index (χ2n) is 6.23. The second kappa shape index (κ2) is 6.84. The number of amides is 1. The van der Waals surface area contributed by atoms with Gasteiger partial charge in [0.15, 0.2) is 0 Å². The molecule has 2 heterocycles. The first-order chi connectivity index (χ1) is 12.7. The van der Waals surface area contributed by atoms with E-state index < -0.39 is 0 Å². The highest BCUT2D eigenvalue weighted by Crippen LogP contribution is 2.25. The van der Waals surface area contributed by atoms with E-state index in [4.69, 9.17) is 0 Å². The molecule has 1 aliphatic heterocycles. The van der Waals surface area contributed by atoms with Gasteiger partial charge in [0, 0.05) is 7.05 Å². The average molecular weight is 345 g/mol. The first-order valence-corrected chi connectivity index (χ1v) is 8.46. The Morgan fingerprint density at radius 3 is 2.73 bits per heavy atom. The van der Waals surface area contributed by atoms with Crippen molar-refractivity contribution in [3.8, 4) is 0 Å². The third-order valence-corrected chi connectivity index (χ3v) is 4.42. The summed E-state index contributed by atoms with van der Waals surface area (Å²) in [6.45, 7) is 0.676. The third-order valence-electron chi connectivity index (χ3n) is 4.42. The van der Waals surface area contributed by atoms with E-state index in [1.807, 2.05) is 72.8 Å². The number of nitrogens with one attached hydrogen (secondary N) is 1. The van der Waals surface area contributed by atoms with Crippen molar-refractivity contribution in [3.05, 3.63) is 83.7 Å². The van der Waals surface area contributed by atoms with Crippen LogP contribution in [0.15, 0.2) is 66.9 Å². The summed E-state index contributed by atoms with van der Waals surface area (Å²) in [5, 5.41) is 11.3. The molecule has 0 bridgehead atoms. The first-order valence-electron chi connectivity index (χ1n) is 8.46. The highest BCUT2D eigenvalue weighted by molar-refractivity contribution is 6.02. The summed E-state index contributed by atoms with van der Waals surface area (Å²) in [5.41, 5.74) is 3.53. The topological polar surface area (TPSA) is 63.1 Å². The SMILES string of the molecule is CN1c2ccccc2C(=O)N[C@H]1/C=C/c1cn(Cc2ccccc2)nn1. The lowest BCUT2D eigenvalue weighted by Gasteiger charge is -2.34. The van der Waals surface area contributed by atoms with Crippen molar-refractivity contribution in [3.63, 3.8) is 0 Å². The number of rotatable bonds is 4. The molecule has 1 atom stereocenters. The van der Waals surface area contributed by atoms with Gasteiger partial charge in [0.1, 0.15) is 11.9 Å². The van der Waals surface area contributed by atoms with Crippen molar-refractivity contribution in [2.24, 2.45) is 0 Å². The molecular weight excluding hydrogens is 326 g/mol. The largest absolute Gasteiger partial charge is 0.350 e. The minimum atomic E-state index is -0.225. The fourth-order valence-electron chi connectivity index (χ4n) is 3.04. The quantitative estimate of drug-likeness (QED) is 0.789. The predicted octanol–water partition coefficient (Wildman–Crippen LogP) is 2.55. The molecule has 6 heteroatoms. The molecular formula is C20H19N5O. The Bertz CT molecular complexity index is 948. The van der Waals surface area contributed by atoms with Crippen molar-refractivity contribution in [1.82, 2.24) is 20.3 Å². The van der Waals surface area contributed by atoms with Crippen molar-refractivity contribution < 1.29 is 4.79 Å². The van der Waals surface area contributed by atoms with Gasteiger partial charge in [-0.1, -0.05) is 47.7 Å². The molecule has 26 heavy (non-hydrogen) atoms. The van der Waals surface area contributed by atoms with E-state index in [-0.39, 0.29) is 12.1 Å². The molecule has 0 spiro atoms. The van der Waals surface area contributed by atoms with Crippen molar-refractivity contribution >= 4 is 17.7 Å². The number of anilines is 1. The van der Waals surface area contributed by atoms with E-state index in [2.05, 4.69) is 27.8 Å². The Kier molecular flexibility index (Phi) is 4.23. The van der Waals surface area contributed by atoms with E-state index in [9.17, 15) is 4.79 Å². The monoisotopic (exact) mass is 345 g/mol. The summed E-state index contributed by atoms with van der Waals surface area (Å²) in [6, 6.07) is 17.7. The Labute approximate surface area is 151 Å². The van der Waals surface area contributed by atoms with Gasteiger partial charge in [-0.25, -0.2) is 4.68 Å². The van der Waals surface area contributed by atoms with Gasteiger partial charge in [-0.05, 0) is 29.8 Å². The smallest absolute Gasteiger partial charge is 0.255 e. The average Bonchev–Trinajstić information content (AvgIpc) is 3.12. The van der Waals surface area contributed by atoms with E-state index in [1.54, 1.807) is 4.68 Å². The molecule has 130 valence electrons. The zero-order valence-electron chi connectivity index (χ0n) is 14.4. The summed E-state index contributed by atoms with van der Waals surface area (Å²) in [4.78, 5) is 14.3. The van der Waals surface area contributed by atoms with Crippen LogP contribution in [0.1, 0.15) is 21.6 Å². The van der Waals surface area contributed by atoms with Crippen LogP contribution in [-0.4, -0.2) is 34.1 Å². The van der Waals surface area contributed by atoms with Crippen LogP contribution >= 0.6 is 0 Å². The van der Waals surface area contributed by atoms with Crippen LogP contribution in [0, 0.1) is 0 Å². The molecule has 0 fully saturated rings. The minimum Gasteiger partial charge on any atom is -0.350 e. The molecule has 4 rings (SSSR count). The van der Waals surface area contributed by atoms with Crippen molar-refractivity contribution in [2.45, 2.75) is 12.7 Å². The number of carbonyl (C=O) groups is 1. The van der Waals surface area contributed by atoms with Crippen LogP contribution in [0.2, 0.25) is 0 Å².